The van der Waals surface area contributed by atoms with Crippen molar-refractivity contribution in [2.75, 3.05) is 32.5 Å². The maximum atomic E-state index is 11.8. The summed E-state index contributed by atoms with van der Waals surface area (Å²) in [5, 5.41) is 2.66. The molecular weight excluding hydrogens is 232 g/mol. The first-order chi connectivity index (χ1) is 8.72. The standard InChI is InChI=1S/C12H18N4O2/c1-14-12(17)10-8-18-6-5-16(10)7-9-3-2-4-15-11(9)13/h2-4,10H,5-8H2,1H3,(H2,13,15)(H,14,17). The van der Waals surface area contributed by atoms with Gasteiger partial charge in [0.25, 0.3) is 0 Å². The average Bonchev–Trinajstić information content (AvgIpc) is 2.41. The highest BCUT2D eigenvalue weighted by Gasteiger charge is 2.28. The first-order valence-electron chi connectivity index (χ1n) is 5.95. The summed E-state index contributed by atoms with van der Waals surface area (Å²) in [4.78, 5) is 17.9. The monoisotopic (exact) mass is 250 g/mol. The molecule has 1 aliphatic rings. The van der Waals surface area contributed by atoms with Crippen molar-refractivity contribution in [3.8, 4) is 0 Å². The van der Waals surface area contributed by atoms with E-state index in [0.717, 1.165) is 5.56 Å². The van der Waals surface area contributed by atoms with Crippen LogP contribution in [0.4, 0.5) is 5.82 Å². The number of ether oxygens (including phenoxy) is 1. The number of nitrogens with zero attached hydrogens (tertiary/aromatic N) is 2. The topological polar surface area (TPSA) is 80.5 Å². The van der Waals surface area contributed by atoms with E-state index in [9.17, 15) is 4.79 Å². The maximum absolute atomic E-state index is 11.8. The third-order valence-electron chi connectivity index (χ3n) is 3.09. The Bertz CT molecular complexity index is 424. The molecule has 6 heteroatoms. The van der Waals surface area contributed by atoms with Crippen molar-refractivity contribution in [3.63, 3.8) is 0 Å². The Balaban J connectivity index is 2.10. The van der Waals surface area contributed by atoms with E-state index in [2.05, 4.69) is 15.2 Å². The molecular formula is C12H18N4O2. The predicted molar refractivity (Wildman–Crippen MR) is 67.7 cm³/mol. The van der Waals surface area contributed by atoms with Gasteiger partial charge in [-0.25, -0.2) is 4.98 Å². The van der Waals surface area contributed by atoms with Gasteiger partial charge in [-0.05, 0) is 6.07 Å². The van der Waals surface area contributed by atoms with Crippen molar-refractivity contribution in [1.82, 2.24) is 15.2 Å². The maximum Gasteiger partial charge on any atom is 0.239 e. The van der Waals surface area contributed by atoms with Crippen molar-refractivity contribution < 1.29 is 9.53 Å². The molecule has 6 nitrogen and oxygen atoms in total. The molecule has 0 aromatic carbocycles. The number of morpholine rings is 1. The van der Waals surface area contributed by atoms with E-state index in [1.54, 1.807) is 13.2 Å². The lowest BCUT2D eigenvalue weighted by Crippen LogP contribution is -2.52. The molecule has 1 aliphatic heterocycles. The average molecular weight is 250 g/mol. The smallest absolute Gasteiger partial charge is 0.239 e. The second kappa shape index (κ2) is 5.79. The number of carbonyl (C=O) groups is 1. The zero-order valence-electron chi connectivity index (χ0n) is 10.4. The van der Waals surface area contributed by atoms with Gasteiger partial charge in [0.05, 0.1) is 13.2 Å². The number of rotatable bonds is 3. The fraction of sp³-hybridized carbons (Fsp3) is 0.500. The van der Waals surface area contributed by atoms with E-state index in [1.807, 2.05) is 12.1 Å². The molecule has 0 bridgehead atoms. The molecule has 98 valence electrons. The van der Waals surface area contributed by atoms with Crippen LogP contribution in [0.15, 0.2) is 18.3 Å². The SMILES string of the molecule is CNC(=O)C1COCCN1Cc1cccnc1N. The first-order valence-corrected chi connectivity index (χ1v) is 5.95. The minimum atomic E-state index is -0.261. The molecule has 1 fully saturated rings. The molecule has 1 atom stereocenters. The summed E-state index contributed by atoms with van der Waals surface area (Å²) >= 11 is 0. The number of hydrogen-bond donors (Lipinski definition) is 2. The van der Waals surface area contributed by atoms with Crippen molar-refractivity contribution in [2.24, 2.45) is 0 Å². The molecule has 1 aromatic heterocycles. The summed E-state index contributed by atoms with van der Waals surface area (Å²) in [6.07, 6.45) is 1.66. The number of hydrogen-bond acceptors (Lipinski definition) is 5. The van der Waals surface area contributed by atoms with Gasteiger partial charge >= 0.3 is 0 Å². The molecule has 0 aliphatic carbocycles. The lowest BCUT2D eigenvalue weighted by atomic mass is 10.1. The number of aromatic nitrogens is 1. The summed E-state index contributed by atoms with van der Waals surface area (Å²) in [5.74, 6) is 0.483. The molecule has 18 heavy (non-hydrogen) atoms. The van der Waals surface area contributed by atoms with E-state index >= 15 is 0 Å². The van der Waals surface area contributed by atoms with Gasteiger partial charge in [0.15, 0.2) is 0 Å². The number of nitrogens with one attached hydrogen (secondary N) is 1. The van der Waals surface area contributed by atoms with Crippen LogP contribution >= 0.6 is 0 Å². The molecule has 2 rings (SSSR count). The predicted octanol–water partition coefficient (Wildman–Crippen LogP) is -0.389. The number of nitrogen functional groups attached to an aromatic ring is 1. The minimum absolute atomic E-state index is 0.0304. The highest BCUT2D eigenvalue weighted by atomic mass is 16.5. The van der Waals surface area contributed by atoms with Crippen LogP contribution in [0.1, 0.15) is 5.56 Å². The number of nitrogens with two attached hydrogens (primary N) is 1. The molecule has 0 saturated carbocycles. The Hall–Kier alpha value is -1.66. The van der Waals surface area contributed by atoms with Gasteiger partial charge in [0, 0.05) is 31.9 Å². The fourth-order valence-electron chi connectivity index (χ4n) is 2.04. The van der Waals surface area contributed by atoms with Crippen molar-refractivity contribution >= 4 is 11.7 Å². The summed E-state index contributed by atoms with van der Waals surface area (Å²) < 4.78 is 5.35. The van der Waals surface area contributed by atoms with E-state index < -0.39 is 0 Å². The summed E-state index contributed by atoms with van der Waals surface area (Å²) in [6, 6.07) is 3.52. The number of likely N-dealkylation sites (N-methyl/N-ethyl adjacent to an activating group) is 1. The van der Waals surface area contributed by atoms with Crippen LogP contribution in [-0.2, 0) is 16.1 Å². The highest BCUT2D eigenvalue weighted by molar-refractivity contribution is 5.81. The van der Waals surface area contributed by atoms with Gasteiger partial charge in [0.2, 0.25) is 5.91 Å². The highest BCUT2D eigenvalue weighted by Crippen LogP contribution is 2.15. The van der Waals surface area contributed by atoms with E-state index in [1.165, 1.54) is 0 Å². The van der Waals surface area contributed by atoms with Gasteiger partial charge < -0.3 is 15.8 Å². The van der Waals surface area contributed by atoms with Gasteiger partial charge in [0.1, 0.15) is 11.9 Å². The molecule has 1 unspecified atom stereocenters. The van der Waals surface area contributed by atoms with Gasteiger partial charge in [-0.3, -0.25) is 9.69 Å². The molecule has 1 saturated heterocycles. The first kappa shape index (κ1) is 12.8. The Labute approximate surface area is 106 Å². The van der Waals surface area contributed by atoms with E-state index in [4.69, 9.17) is 10.5 Å². The normalized spacial score (nSPS) is 20.6. The largest absolute Gasteiger partial charge is 0.383 e. The van der Waals surface area contributed by atoms with E-state index in [0.29, 0.717) is 32.1 Å². The van der Waals surface area contributed by atoms with Crippen LogP contribution in [0.3, 0.4) is 0 Å². The quantitative estimate of drug-likeness (QED) is 0.763. The second-order valence-corrected chi connectivity index (χ2v) is 4.22. The molecule has 0 radical (unpaired) electrons. The fourth-order valence-corrected chi connectivity index (χ4v) is 2.04. The van der Waals surface area contributed by atoms with Crippen LogP contribution in [-0.4, -0.2) is 48.6 Å². The summed E-state index contributed by atoms with van der Waals surface area (Å²) in [6.45, 7) is 2.38. The van der Waals surface area contributed by atoms with Crippen LogP contribution < -0.4 is 11.1 Å². The Morgan fingerprint density at radius 3 is 3.28 bits per heavy atom. The second-order valence-electron chi connectivity index (χ2n) is 4.22. The molecule has 1 aromatic rings. The van der Waals surface area contributed by atoms with Crippen molar-refractivity contribution in [2.45, 2.75) is 12.6 Å². The third kappa shape index (κ3) is 2.77. The zero-order chi connectivity index (χ0) is 13.0. The summed E-state index contributed by atoms with van der Waals surface area (Å²) in [5.41, 5.74) is 6.76. The third-order valence-corrected chi connectivity index (χ3v) is 3.09. The molecule has 1 amide bonds. The number of anilines is 1. The molecule has 2 heterocycles. The molecule has 3 N–H and O–H groups in total. The zero-order valence-corrected chi connectivity index (χ0v) is 10.4. The lowest BCUT2D eigenvalue weighted by molar-refractivity contribution is -0.132. The van der Waals surface area contributed by atoms with Gasteiger partial charge in [-0.2, -0.15) is 0 Å². The summed E-state index contributed by atoms with van der Waals surface area (Å²) in [7, 11) is 1.63. The molecule has 0 spiro atoms. The van der Waals surface area contributed by atoms with Crippen LogP contribution in [0.5, 0.6) is 0 Å². The van der Waals surface area contributed by atoms with Crippen LogP contribution in [0.25, 0.3) is 0 Å². The lowest BCUT2D eigenvalue weighted by Gasteiger charge is -2.34. The number of carbonyl (C=O) groups excluding carboxylic acids is 1. The minimum Gasteiger partial charge on any atom is -0.383 e. The Kier molecular flexibility index (Phi) is 4.11. The Morgan fingerprint density at radius 2 is 2.56 bits per heavy atom. The van der Waals surface area contributed by atoms with Gasteiger partial charge in [-0.1, -0.05) is 6.07 Å². The van der Waals surface area contributed by atoms with Crippen LogP contribution in [0.2, 0.25) is 0 Å². The van der Waals surface area contributed by atoms with Crippen molar-refractivity contribution in [3.05, 3.63) is 23.9 Å². The number of amides is 1. The van der Waals surface area contributed by atoms with Gasteiger partial charge in [-0.15, -0.1) is 0 Å². The van der Waals surface area contributed by atoms with E-state index in [-0.39, 0.29) is 11.9 Å². The Morgan fingerprint density at radius 1 is 1.72 bits per heavy atom. The van der Waals surface area contributed by atoms with Crippen LogP contribution in [0, 0.1) is 0 Å². The van der Waals surface area contributed by atoms with Crippen molar-refractivity contribution in [1.29, 1.82) is 0 Å². The number of pyridine rings is 1.